The molecule has 2 N–H and O–H groups in total. The zero-order valence-electron chi connectivity index (χ0n) is 14.6. The van der Waals surface area contributed by atoms with Crippen LogP contribution in [0.4, 0.5) is 13.6 Å². The summed E-state index contributed by atoms with van der Waals surface area (Å²) in [6, 6.07) is 8.09. The van der Waals surface area contributed by atoms with Crippen LogP contribution >= 0.6 is 0 Å². The lowest BCUT2D eigenvalue weighted by atomic mass is 9.83. The number of aliphatic hydroxyl groups is 1. The summed E-state index contributed by atoms with van der Waals surface area (Å²) in [6.45, 7) is 0.726. The second-order valence-electron chi connectivity index (χ2n) is 6.95. The number of rotatable bonds is 7. The number of benzene rings is 1. The molecule has 4 nitrogen and oxygen atoms in total. The fraction of sp³-hybridized carbons (Fsp3) is 0.632. The monoisotopic (exact) mass is 355 g/mol. The van der Waals surface area contributed by atoms with Crippen LogP contribution in [0.5, 0.6) is 0 Å². The fourth-order valence-electron chi connectivity index (χ4n) is 3.32. The summed E-state index contributed by atoms with van der Waals surface area (Å²) in [5, 5.41) is 12.4. The fourth-order valence-corrected chi connectivity index (χ4v) is 3.32. The zero-order valence-corrected chi connectivity index (χ0v) is 14.6. The molecule has 2 atom stereocenters. The lowest BCUT2D eigenvalue weighted by Gasteiger charge is -2.32. The smallest absolute Gasteiger partial charge is 0.407 e. The number of carbonyl (C=O) groups is 1. The molecule has 1 aliphatic carbocycles. The number of amides is 1. The highest BCUT2D eigenvalue weighted by Crippen LogP contribution is 2.30. The Morgan fingerprint density at radius 1 is 1.28 bits per heavy atom. The topological polar surface area (TPSA) is 58.6 Å². The molecule has 0 aromatic heterocycles. The molecule has 0 heterocycles. The number of carbonyl (C=O) groups excluding carboxylic acids is 1. The zero-order chi connectivity index (χ0) is 18.3. The van der Waals surface area contributed by atoms with Gasteiger partial charge in [0.25, 0.3) is 5.92 Å². The Hall–Kier alpha value is -1.69. The number of halogens is 2. The van der Waals surface area contributed by atoms with E-state index in [1.165, 1.54) is 0 Å². The van der Waals surface area contributed by atoms with Gasteiger partial charge in [-0.1, -0.05) is 62.4 Å². The molecule has 1 amide bonds. The van der Waals surface area contributed by atoms with Crippen molar-refractivity contribution in [3.8, 4) is 0 Å². The molecule has 1 saturated carbocycles. The third kappa shape index (κ3) is 6.61. The van der Waals surface area contributed by atoms with E-state index in [-0.39, 0.29) is 12.5 Å². The third-order valence-electron chi connectivity index (χ3n) is 4.73. The molecule has 25 heavy (non-hydrogen) atoms. The Balaban J connectivity index is 1.92. The van der Waals surface area contributed by atoms with E-state index in [0.29, 0.717) is 13.3 Å². The van der Waals surface area contributed by atoms with Gasteiger partial charge in [0, 0.05) is 6.92 Å². The number of nitrogens with one attached hydrogen (secondary N) is 1. The molecule has 6 heteroatoms. The maximum absolute atomic E-state index is 13.6. The molecule has 0 spiro atoms. The molecule has 2 unspecified atom stereocenters. The molecule has 0 radical (unpaired) electrons. The average Bonchev–Trinajstić information content (AvgIpc) is 2.60. The third-order valence-corrected chi connectivity index (χ3v) is 4.73. The van der Waals surface area contributed by atoms with E-state index in [1.54, 1.807) is 0 Å². The number of alkyl halides is 2. The quantitative estimate of drug-likeness (QED) is 0.768. The SMILES string of the molecule is CC(F)(F)C(O)C(CC1CCCCC1)NC(=O)OCc1ccccc1. The van der Waals surface area contributed by atoms with Gasteiger partial charge >= 0.3 is 6.09 Å². The Kier molecular flexibility index (Phi) is 7.17. The highest BCUT2D eigenvalue weighted by atomic mass is 19.3. The van der Waals surface area contributed by atoms with Crippen LogP contribution in [0, 0.1) is 5.92 Å². The van der Waals surface area contributed by atoms with E-state index in [0.717, 1.165) is 37.7 Å². The van der Waals surface area contributed by atoms with E-state index < -0.39 is 24.2 Å². The van der Waals surface area contributed by atoms with Crippen LogP contribution in [0.15, 0.2) is 30.3 Å². The van der Waals surface area contributed by atoms with Gasteiger partial charge in [0.2, 0.25) is 0 Å². The van der Waals surface area contributed by atoms with Gasteiger partial charge in [-0.05, 0) is 17.9 Å². The van der Waals surface area contributed by atoms with Gasteiger partial charge in [-0.15, -0.1) is 0 Å². The van der Waals surface area contributed by atoms with Crippen molar-refractivity contribution < 1.29 is 23.4 Å². The second-order valence-corrected chi connectivity index (χ2v) is 6.95. The highest BCUT2D eigenvalue weighted by Gasteiger charge is 2.40. The number of aliphatic hydroxyl groups excluding tert-OH is 1. The van der Waals surface area contributed by atoms with Crippen LogP contribution in [0.1, 0.15) is 51.0 Å². The molecular weight excluding hydrogens is 328 g/mol. The molecule has 0 saturated heterocycles. The van der Waals surface area contributed by atoms with E-state index in [9.17, 15) is 18.7 Å². The summed E-state index contributed by atoms with van der Waals surface area (Å²) in [7, 11) is 0. The minimum Gasteiger partial charge on any atom is -0.445 e. The van der Waals surface area contributed by atoms with Gasteiger partial charge in [0.1, 0.15) is 12.7 Å². The molecule has 1 aromatic carbocycles. The maximum Gasteiger partial charge on any atom is 0.407 e. The van der Waals surface area contributed by atoms with Crippen molar-refractivity contribution >= 4 is 6.09 Å². The van der Waals surface area contributed by atoms with E-state index in [4.69, 9.17) is 4.74 Å². The van der Waals surface area contributed by atoms with Crippen LogP contribution in [0.25, 0.3) is 0 Å². The number of ether oxygens (including phenoxy) is 1. The average molecular weight is 355 g/mol. The minimum atomic E-state index is -3.29. The van der Waals surface area contributed by atoms with Gasteiger partial charge in [-0.2, -0.15) is 0 Å². The summed E-state index contributed by atoms with van der Waals surface area (Å²) in [6.07, 6.45) is 2.79. The molecule has 140 valence electrons. The first-order chi connectivity index (χ1) is 11.9. The minimum absolute atomic E-state index is 0.0570. The van der Waals surface area contributed by atoms with Crippen LogP contribution in [-0.2, 0) is 11.3 Å². The van der Waals surface area contributed by atoms with Gasteiger partial charge in [0.15, 0.2) is 0 Å². The normalized spacial score (nSPS) is 18.4. The maximum atomic E-state index is 13.6. The molecule has 1 aliphatic rings. The van der Waals surface area contributed by atoms with Crippen molar-refractivity contribution in [2.24, 2.45) is 5.92 Å². The lowest BCUT2D eigenvalue weighted by Crippen LogP contribution is -2.51. The van der Waals surface area contributed by atoms with E-state index in [2.05, 4.69) is 5.32 Å². The summed E-state index contributed by atoms with van der Waals surface area (Å²) >= 11 is 0. The summed E-state index contributed by atoms with van der Waals surface area (Å²) in [5.74, 6) is -3.04. The van der Waals surface area contributed by atoms with Crippen molar-refractivity contribution in [2.45, 2.75) is 70.1 Å². The highest BCUT2D eigenvalue weighted by molar-refractivity contribution is 5.67. The van der Waals surface area contributed by atoms with Gasteiger partial charge < -0.3 is 15.2 Å². The second kappa shape index (κ2) is 9.13. The van der Waals surface area contributed by atoms with Crippen LogP contribution in [0.2, 0.25) is 0 Å². The van der Waals surface area contributed by atoms with Crippen LogP contribution < -0.4 is 5.32 Å². The van der Waals surface area contributed by atoms with Gasteiger partial charge in [-0.25, -0.2) is 13.6 Å². The first-order valence-electron chi connectivity index (χ1n) is 8.89. The molecule has 2 rings (SSSR count). The Labute approximate surface area is 147 Å². The first-order valence-corrected chi connectivity index (χ1v) is 8.89. The van der Waals surface area contributed by atoms with E-state index in [1.807, 2.05) is 30.3 Å². The van der Waals surface area contributed by atoms with E-state index >= 15 is 0 Å². The summed E-state index contributed by atoms with van der Waals surface area (Å²) in [5.41, 5.74) is 0.808. The van der Waals surface area contributed by atoms with Crippen molar-refractivity contribution in [3.63, 3.8) is 0 Å². The van der Waals surface area contributed by atoms with Crippen molar-refractivity contribution in [2.75, 3.05) is 0 Å². The first kappa shape index (κ1) is 19.6. The molecule has 0 aliphatic heterocycles. The predicted octanol–water partition coefficient (Wildman–Crippen LogP) is 4.27. The molecular formula is C19H27F2NO3. The summed E-state index contributed by atoms with van der Waals surface area (Å²) in [4.78, 5) is 12.0. The van der Waals surface area contributed by atoms with Crippen LogP contribution in [0.3, 0.4) is 0 Å². The van der Waals surface area contributed by atoms with Crippen molar-refractivity contribution in [3.05, 3.63) is 35.9 Å². The predicted molar refractivity (Wildman–Crippen MR) is 91.4 cm³/mol. The standard InChI is InChI=1S/C19H27F2NO3/c1-19(20,21)17(23)16(12-14-8-4-2-5-9-14)22-18(24)25-13-15-10-6-3-7-11-15/h3,6-7,10-11,14,16-17,23H,2,4-5,8-9,12-13H2,1H3,(H,22,24). The number of hydrogen-bond donors (Lipinski definition) is 2. The van der Waals surface area contributed by atoms with Crippen molar-refractivity contribution in [1.82, 2.24) is 5.32 Å². The molecule has 0 bridgehead atoms. The number of hydrogen-bond acceptors (Lipinski definition) is 3. The lowest BCUT2D eigenvalue weighted by molar-refractivity contribution is -0.110. The largest absolute Gasteiger partial charge is 0.445 e. The molecule has 1 aromatic rings. The Bertz CT molecular complexity index is 527. The molecule has 1 fully saturated rings. The Morgan fingerprint density at radius 2 is 1.92 bits per heavy atom. The number of alkyl carbamates (subject to hydrolysis) is 1. The van der Waals surface area contributed by atoms with Gasteiger partial charge in [-0.3, -0.25) is 0 Å². The van der Waals surface area contributed by atoms with Gasteiger partial charge in [0.05, 0.1) is 6.04 Å². The van der Waals surface area contributed by atoms with Crippen molar-refractivity contribution in [1.29, 1.82) is 0 Å². The van der Waals surface area contributed by atoms with Crippen LogP contribution in [-0.4, -0.2) is 29.3 Å². The Morgan fingerprint density at radius 3 is 2.52 bits per heavy atom. The summed E-state index contributed by atoms with van der Waals surface area (Å²) < 4.78 is 32.3.